The van der Waals surface area contributed by atoms with Crippen molar-refractivity contribution in [1.29, 1.82) is 0 Å². The molecule has 2 aromatic carbocycles. The van der Waals surface area contributed by atoms with E-state index in [1.807, 2.05) is 43.3 Å². The van der Waals surface area contributed by atoms with Crippen LogP contribution in [0.15, 0.2) is 48.5 Å². The van der Waals surface area contributed by atoms with Gasteiger partial charge >= 0.3 is 12.0 Å². The molecule has 1 atom stereocenters. The van der Waals surface area contributed by atoms with Crippen LogP contribution in [-0.2, 0) is 6.42 Å². The van der Waals surface area contributed by atoms with Crippen LogP contribution in [0.2, 0.25) is 0 Å². The van der Waals surface area contributed by atoms with E-state index in [4.69, 9.17) is 4.98 Å². The summed E-state index contributed by atoms with van der Waals surface area (Å²) in [6, 6.07) is 14.8. The van der Waals surface area contributed by atoms with E-state index < -0.39 is 5.97 Å². The molecule has 156 valence electrons. The van der Waals surface area contributed by atoms with Crippen LogP contribution in [0, 0.1) is 0 Å². The van der Waals surface area contributed by atoms with Gasteiger partial charge < -0.3 is 20.3 Å². The molecule has 0 bridgehead atoms. The lowest BCUT2D eigenvalue weighted by molar-refractivity contribution is 0.0697. The Kier molecular flexibility index (Phi) is 5.70. The highest BCUT2D eigenvalue weighted by molar-refractivity contribution is 5.92. The molecule has 4 rings (SSSR count). The molecule has 0 saturated heterocycles. The van der Waals surface area contributed by atoms with Gasteiger partial charge in [-0.2, -0.15) is 0 Å². The molecule has 1 aliphatic rings. The van der Waals surface area contributed by atoms with Gasteiger partial charge in [0.2, 0.25) is 0 Å². The first-order valence-corrected chi connectivity index (χ1v) is 10.4. The molecular weight excluding hydrogens is 380 g/mol. The Labute approximate surface area is 175 Å². The summed E-state index contributed by atoms with van der Waals surface area (Å²) in [4.78, 5) is 28.7. The van der Waals surface area contributed by atoms with E-state index in [-0.39, 0.29) is 17.6 Å². The number of nitrogens with one attached hydrogen (secondary N) is 2. The standard InChI is InChI=1S/C23H26N4O3/c1-2-12-24-23(30)26-19(13-15-6-4-3-5-7-15)21-25-18-14-16(22(28)29)8-11-20(18)27(21)17-9-10-17/h3-8,11,14,17,19H,2,9-10,12-13H2,1H3,(H,28,29)(H2,24,26,30)/t19-/m0/s1. The van der Waals surface area contributed by atoms with Crippen LogP contribution in [0.4, 0.5) is 4.79 Å². The minimum atomic E-state index is -0.975. The number of aromatic carboxylic acids is 1. The summed E-state index contributed by atoms with van der Waals surface area (Å²) >= 11 is 0. The summed E-state index contributed by atoms with van der Waals surface area (Å²) in [5.41, 5.74) is 2.86. The number of urea groups is 1. The van der Waals surface area contributed by atoms with Crippen molar-refractivity contribution in [2.45, 2.75) is 44.7 Å². The van der Waals surface area contributed by atoms with Gasteiger partial charge in [0.1, 0.15) is 5.82 Å². The molecule has 1 fully saturated rings. The van der Waals surface area contributed by atoms with Gasteiger partial charge in [0.05, 0.1) is 22.6 Å². The highest BCUT2D eigenvalue weighted by Crippen LogP contribution is 2.40. The second-order valence-corrected chi connectivity index (χ2v) is 7.72. The van der Waals surface area contributed by atoms with Crippen molar-refractivity contribution in [3.8, 4) is 0 Å². The fourth-order valence-electron chi connectivity index (χ4n) is 3.72. The average molecular weight is 406 g/mol. The van der Waals surface area contributed by atoms with Crippen molar-refractivity contribution in [2.75, 3.05) is 6.54 Å². The Morgan fingerprint density at radius 1 is 1.20 bits per heavy atom. The number of benzene rings is 2. The number of carboxylic acid groups (broad SMARTS) is 1. The van der Waals surface area contributed by atoms with E-state index in [2.05, 4.69) is 15.2 Å². The van der Waals surface area contributed by atoms with Gasteiger partial charge in [-0.3, -0.25) is 0 Å². The maximum atomic E-state index is 12.5. The summed E-state index contributed by atoms with van der Waals surface area (Å²) in [7, 11) is 0. The van der Waals surface area contributed by atoms with E-state index in [0.717, 1.165) is 36.2 Å². The molecule has 0 radical (unpaired) electrons. The lowest BCUT2D eigenvalue weighted by Crippen LogP contribution is -2.40. The van der Waals surface area contributed by atoms with Crippen LogP contribution in [-0.4, -0.2) is 33.2 Å². The maximum absolute atomic E-state index is 12.5. The number of carbonyl (C=O) groups is 2. The molecule has 1 saturated carbocycles. The van der Waals surface area contributed by atoms with Gasteiger partial charge in [-0.25, -0.2) is 14.6 Å². The molecule has 7 heteroatoms. The molecule has 0 aliphatic heterocycles. The molecule has 1 aromatic heterocycles. The quantitative estimate of drug-likeness (QED) is 0.526. The van der Waals surface area contributed by atoms with E-state index in [0.29, 0.717) is 24.5 Å². The first-order chi connectivity index (χ1) is 14.6. The number of nitrogens with zero attached hydrogens (tertiary/aromatic N) is 2. The smallest absolute Gasteiger partial charge is 0.335 e. The van der Waals surface area contributed by atoms with Crippen LogP contribution in [0.3, 0.4) is 0 Å². The Morgan fingerprint density at radius 2 is 1.97 bits per heavy atom. The SMILES string of the molecule is CCCNC(=O)N[C@@H](Cc1ccccc1)c1nc2cc(C(=O)O)ccc2n1C1CC1. The van der Waals surface area contributed by atoms with Crippen molar-refractivity contribution < 1.29 is 14.7 Å². The zero-order valence-corrected chi connectivity index (χ0v) is 17.0. The van der Waals surface area contributed by atoms with Crippen molar-refractivity contribution in [2.24, 2.45) is 0 Å². The van der Waals surface area contributed by atoms with Gasteiger partial charge in [0.25, 0.3) is 0 Å². The molecule has 1 heterocycles. The van der Waals surface area contributed by atoms with E-state index >= 15 is 0 Å². The normalized spacial score (nSPS) is 14.4. The Morgan fingerprint density at radius 3 is 2.63 bits per heavy atom. The first-order valence-electron chi connectivity index (χ1n) is 10.4. The monoisotopic (exact) mass is 406 g/mol. The average Bonchev–Trinajstić information content (AvgIpc) is 3.51. The predicted molar refractivity (Wildman–Crippen MR) is 115 cm³/mol. The molecule has 30 heavy (non-hydrogen) atoms. The second-order valence-electron chi connectivity index (χ2n) is 7.72. The van der Waals surface area contributed by atoms with Crippen molar-refractivity contribution in [3.63, 3.8) is 0 Å². The minimum absolute atomic E-state index is 0.211. The van der Waals surface area contributed by atoms with Crippen LogP contribution in [0.1, 0.15) is 60.0 Å². The van der Waals surface area contributed by atoms with Gasteiger partial charge in [0.15, 0.2) is 0 Å². The van der Waals surface area contributed by atoms with Gasteiger partial charge in [0, 0.05) is 12.6 Å². The van der Waals surface area contributed by atoms with E-state index in [1.54, 1.807) is 12.1 Å². The zero-order valence-electron chi connectivity index (χ0n) is 17.0. The van der Waals surface area contributed by atoms with Crippen LogP contribution in [0.5, 0.6) is 0 Å². The number of hydrogen-bond acceptors (Lipinski definition) is 3. The fraction of sp³-hybridized carbons (Fsp3) is 0.348. The topological polar surface area (TPSA) is 96.2 Å². The Balaban J connectivity index is 1.75. The van der Waals surface area contributed by atoms with Crippen molar-refractivity contribution in [1.82, 2.24) is 20.2 Å². The number of rotatable bonds is 8. The molecule has 7 nitrogen and oxygen atoms in total. The zero-order chi connectivity index (χ0) is 21.1. The number of carbonyl (C=O) groups excluding carboxylic acids is 1. The van der Waals surface area contributed by atoms with Crippen molar-refractivity contribution in [3.05, 3.63) is 65.5 Å². The number of carboxylic acids is 1. The largest absolute Gasteiger partial charge is 0.478 e. The number of fused-ring (bicyclic) bond motifs is 1. The maximum Gasteiger partial charge on any atom is 0.335 e. The summed E-state index contributed by atoms with van der Waals surface area (Å²) in [5.74, 6) is -0.206. The Bertz CT molecular complexity index is 1060. The van der Waals surface area contributed by atoms with Gasteiger partial charge in [-0.05, 0) is 49.4 Å². The lowest BCUT2D eigenvalue weighted by Gasteiger charge is -2.20. The molecule has 3 aromatic rings. The molecule has 0 unspecified atom stereocenters. The number of imidazole rings is 1. The molecule has 0 spiro atoms. The fourth-order valence-corrected chi connectivity index (χ4v) is 3.72. The molecule has 2 amide bonds. The molecule has 1 aliphatic carbocycles. The third-order valence-electron chi connectivity index (χ3n) is 5.31. The minimum Gasteiger partial charge on any atom is -0.478 e. The highest BCUT2D eigenvalue weighted by atomic mass is 16.4. The Hall–Kier alpha value is -3.35. The predicted octanol–water partition coefficient (Wildman–Crippen LogP) is 4.06. The summed E-state index contributed by atoms with van der Waals surface area (Å²) in [5, 5.41) is 15.3. The third-order valence-corrected chi connectivity index (χ3v) is 5.31. The molecule has 3 N–H and O–H groups in total. The lowest BCUT2D eigenvalue weighted by atomic mass is 10.1. The number of amides is 2. The van der Waals surface area contributed by atoms with Crippen LogP contribution in [0.25, 0.3) is 11.0 Å². The third kappa shape index (κ3) is 4.30. The summed E-state index contributed by atoms with van der Waals surface area (Å²) in [6.07, 6.45) is 3.57. The summed E-state index contributed by atoms with van der Waals surface area (Å²) in [6.45, 7) is 2.61. The second kappa shape index (κ2) is 8.57. The van der Waals surface area contributed by atoms with E-state index in [1.165, 1.54) is 0 Å². The number of aromatic nitrogens is 2. The highest BCUT2D eigenvalue weighted by Gasteiger charge is 2.32. The summed E-state index contributed by atoms with van der Waals surface area (Å²) < 4.78 is 2.18. The first kappa shape index (κ1) is 19.9. The van der Waals surface area contributed by atoms with E-state index in [9.17, 15) is 14.7 Å². The van der Waals surface area contributed by atoms with Gasteiger partial charge in [-0.15, -0.1) is 0 Å². The van der Waals surface area contributed by atoms with Crippen molar-refractivity contribution >= 4 is 23.0 Å². The molecular formula is C23H26N4O3. The van der Waals surface area contributed by atoms with Crippen LogP contribution >= 0.6 is 0 Å². The number of hydrogen-bond donors (Lipinski definition) is 3. The van der Waals surface area contributed by atoms with Gasteiger partial charge in [-0.1, -0.05) is 37.3 Å². The van der Waals surface area contributed by atoms with Crippen LogP contribution < -0.4 is 10.6 Å².